The molecule has 3 aliphatic heterocycles. The summed E-state index contributed by atoms with van der Waals surface area (Å²) in [5, 5.41) is 3.18. The summed E-state index contributed by atoms with van der Waals surface area (Å²) in [6.07, 6.45) is 10.2. The zero-order valence-corrected chi connectivity index (χ0v) is 15.8. The predicted octanol–water partition coefficient (Wildman–Crippen LogP) is 1.17. The Morgan fingerprint density at radius 2 is 2.04 bits per heavy atom. The second kappa shape index (κ2) is 7.26. The number of esters is 1. The van der Waals surface area contributed by atoms with Crippen molar-refractivity contribution in [2.45, 2.75) is 63.2 Å². The molecule has 148 valence electrons. The van der Waals surface area contributed by atoms with Gasteiger partial charge in [-0.2, -0.15) is 0 Å². The lowest BCUT2D eigenvalue weighted by Crippen LogP contribution is -2.47. The van der Waals surface area contributed by atoms with Crippen molar-refractivity contribution in [3.8, 4) is 0 Å². The lowest BCUT2D eigenvalue weighted by atomic mass is 9.76. The summed E-state index contributed by atoms with van der Waals surface area (Å²) < 4.78 is 11.1. The molecule has 0 radical (unpaired) electrons. The SMILES string of the molecule is CCOC(=O)CN1CC23C=C[C@@H](O2)[C@H](C(=O)NC2CCCCCC2)[C@@H]3C1=O. The van der Waals surface area contributed by atoms with E-state index in [0.29, 0.717) is 6.54 Å². The molecular weight excluding hydrogens is 348 g/mol. The second-order valence-corrected chi connectivity index (χ2v) is 8.10. The third kappa shape index (κ3) is 3.26. The molecule has 4 aliphatic rings. The summed E-state index contributed by atoms with van der Waals surface area (Å²) in [6, 6.07) is 0.186. The van der Waals surface area contributed by atoms with E-state index >= 15 is 0 Å². The number of hydrogen-bond donors (Lipinski definition) is 1. The van der Waals surface area contributed by atoms with Crippen LogP contribution in [0.2, 0.25) is 0 Å². The van der Waals surface area contributed by atoms with Gasteiger partial charge in [0, 0.05) is 6.04 Å². The summed E-state index contributed by atoms with van der Waals surface area (Å²) in [5.41, 5.74) is -0.778. The average Bonchev–Trinajstić information content (AvgIpc) is 3.17. The zero-order chi connectivity index (χ0) is 19.0. The van der Waals surface area contributed by atoms with Gasteiger partial charge in [-0.3, -0.25) is 14.4 Å². The first-order valence-corrected chi connectivity index (χ1v) is 10.2. The van der Waals surface area contributed by atoms with Crippen LogP contribution in [-0.4, -0.2) is 60.1 Å². The molecule has 3 heterocycles. The Bertz CT molecular complexity index is 655. The first-order chi connectivity index (χ1) is 13.0. The fourth-order valence-electron chi connectivity index (χ4n) is 5.10. The van der Waals surface area contributed by atoms with Gasteiger partial charge >= 0.3 is 5.97 Å². The van der Waals surface area contributed by atoms with E-state index in [1.54, 1.807) is 6.92 Å². The van der Waals surface area contributed by atoms with Crippen LogP contribution in [0.25, 0.3) is 0 Å². The number of hydrogen-bond acceptors (Lipinski definition) is 5. The van der Waals surface area contributed by atoms with Gasteiger partial charge in [-0.1, -0.05) is 37.8 Å². The molecule has 0 aromatic heterocycles. The number of likely N-dealkylation sites (tertiary alicyclic amines) is 1. The molecule has 0 aromatic carbocycles. The van der Waals surface area contributed by atoms with Crippen LogP contribution >= 0.6 is 0 Å². The number of carbonyl (C=O) groups excluding carboxylic acids is 3. The highest BCUT2D eigenvalue weighted by Gasteiger charge is 2.67. The monoisotopic (exact) mass is 376 g/mol. The highest BCUT2D eigenvalue weighted by Crippen LogP contribution is 2.51. The molecule has 1 saturated carbocycles. The van der Waals surface area contributed by atoms with E-state index in [4.69, 9.17) is 9.47 Å². The van der Waals surface area contributed by atoms with Crippen LogP contribution in [0.5, 0.6) is 0 Å². The molecule has 2 bridgehead atoms. The summed E-state index contributed by atoms with van der Waals surface area (Å²) in [6.45, 7) is 2.22. The number of nitrogens with one attached hydrogen (secondary N) is 1. The number of fused-ring (bicyclic) bond motifs is 1. The summed E-state index contributed by atoms with van der Waals surface area (Å²) in [4.78, 5) is 39.3. The number of rotatable bonds is 5. The largest absolute Gasteiger partial charge is 0.465 e. The fraction of sp³-hybridized carbons (Fsp3) is 0.750. The Morgan fingerprint density at radius 1 is 1.30 bits per heavy atom. The molecule has 2 saturated heterocycles. The maximum atomic E-state index is 13.0. The number of carbonyl (C=O) groups is 3. The van der Waals surface area contributed by atoms with E-state index in [1.807, 2.05) is 12.2 Å². The van der Waals surface area contributed by atoms with Gasteiger partial charge in [0.15, 0.2) is 0 Å². The Balaban J connectivity index is 1.47. The predicted molar refractivity (Wildman–Crippen MR) is 96.6 cm³/mol. The van der Waals surface area contributed by atoms with Gasteiger partial charge in [0.05, 0.1) is 31.1 Å². The van der Waals surface area contributed by atoms with Gasteiger partial charge in [-0.25, -0.2) is 0 Å². The first kappa shape index (κ1) is 18.5. The molecule has 7 heteroatoms. The van der Waals surface area contributed by atoms with Crippen LogP contribution in [0.4, 0.5) is 0 Å². The van der Waals surface area contributed by atoms with Crippen molar-refractivity contribution in [2.24, 2.45) is 11.8 Å². The third-order valence-corrected chi connectivity index (χ3v) is 6.31. The zero-order valence-electron chi connectivity index (χ0n) is 15.8. The molecule has 1 spiro atoms. The Morgan fingerprint density at radius 3 is 2.74 bits per heavy atom. The number of amides is 2. The minimum absolute atomic E-state index is 0.0885. The van der Waals surface area contributed by atoms with Crippen molar-refractivity contribution < 1.29 is 23.9 Å². The molecule has 7 nitrogen and oxygen atoms in total. The molecule has 4 rings (SSSR count). The summed E-state index contributed by atoms with van der Waals surface area (Å²) >= 11 is 0. The van der Waals surface area contributed by atoms with Crippen molar-refractivity contribution in [3.63, 3.8) is 0 Å². The highest BCUT2D eigenvalue weighted by atomic mass is 16.5. The minimum Gasteiger partial charge on any atom is -0.465 e. The van der Waals surface area contributed by atoms with Crippen LogP contribution in [0, 0.1) is 11.8 Å². The van der Waals surface area contributed by atoms with Gasteiger partial charge in [-0.05, 0) is 19.8 Å². The van der Waals surface area contributed by atoms with E-state index in [9.17, 15) is 14.4 Å². The van der Waals surface area contributed by atoms with Gasteiger partial charge in [0.2, 0.25) is 11.8 Å². The first-order valence-electron chi connectivity index (χ1n) is 10.2. The second-order valence-electron chi connectivity index (χ2n) is 8.10. The fourth-order valence-corrected chi connectivity index (χ4v) is 5.10. The minimum atomic E-state index is -0.778. The molecule has 0 aromatic rings. The Kier molecular flexibility index (Phi) is 4.97. The van der Waals surface area contributed by atoms with E-state index in [-0.39, 0.29) is 37.1 Å². The molecule has 2 amide bonds. The summed E-state index contributed by atoms with van der Waals surface area (Å²) in [7, 11) is 0. The third-order valence-electron chi connectivity index (χ3n) is 6.31. The molecular formula is C20H28N2O5. The van der Waals surface area contributed by atoms with Crippen LogP contribution < -0.4 is 5.32 Å². The van der Waals surface area contributed by atoms with Crippen LogP contribution in [0.3, 0.4) is 0 Å². The van der Waals surface area contributed by atoms with E-state index in [2.05, 4.69) is 5.32 Å². The van der Waals surface area contributed by atoms with E-state index in [0.717, 1.165) is 25.7 Å². The smallest absolute Gasteiger partial charge is 0.325 e. The lowest BCUT2D eigenvalue weighted by molar-refractivity contribution is -0.149. The van der Waals surface area contributed by atoms with Gasteiger partial charge in [-0.15, -0.1) is 0 Å². The van der Waals surface area contributed by atoms with Crippen molar-refractivity contribution >= 4 is 17.8 Å². The number of nitrogens with zero attached hydrogens (tertiary/aromatic N) is 1. The summed E-state index contributed by atoms with van der Waals surface area (Å²) in [5.74, 6) is -1.77. The van der Waals surface area contributed by atoms with E-state index < -0.39 is 23.4 Å². The quantitative estimate of drug-likeness (QED) is 0.442. The standard InChI is InChI=1S/C20H28N2O5/c1-2-26-15(23)11-22-12-20-10-9-14(27-20)16(17(20)19(22)25)18(24)21-13-7-5-3-4-6-8-13/h9-10,13-14,16-17H,2-8,11-12H2,1H3,(H,21,24)/t14-,16+,17-,20?/m1/s1. The maximum Gasteiger partial charge on any atom is 0.325 e. The molecule has 3 fully saturated rings. The van der Waals surface area contributed by atoms with Crippen molar-refractivity contribution in [1.82, 2.24) is 10.2 Å². The number of ether oxygens (including phenoxy) is 2. The van der Waals surface area contributed by atoms with Gasteiger partial charge in [0.1, 0.15) is 12.1 Å². The molecule has 1 unspecified atom stereocenters. The highest BCUT2D eigenvalue weighted by molar-refractivity contribution is 5.94. The Hall–Kier alpha value is -1.89. The average molecular weight is 376 g/mol. The Labute approximate surface area is 159 Å². The van der Waals surface area contributed by atoms with Crippen LogP contribution in [0.1, 0.15) is 45.4 Å². The van der Waals surface area contributed by atoms with Crippen molar-refractivity contribution in [2.75, 3.05) is 19.7 Å². The molecule has 1 aliphatic carbocycles. The van der Waals surface area contributed by atoms with Gasteiger partial charge < -0.3 is 19.7 Å². The van der Waals surface area contributed by atoms with E-state index in [1.165, 1.54) is 17.7 Å². The lowest BCUT2D eigenvalue weighted by Gasteiger charge is -2.26. The topological polar surface area (TPSA) is 84.9 Å². The maximum absolute atomic E-state index is 13.0. The van der Waals surface area contributed by atoms with Crippen LogP contribution in [0.15, 0.2) is 12.2 Å². The van der Waals surface area contributed by atoms with Crippen LogP contribution in [-0.2, 0) is 23.9 Å². The normalized spacial score (nSPS) is 35.2. The molecule has 1 N–H and O–H groups in total. The van der Waals surface area contributed by atoms with Crippen molar-refractivity contribution in [3.05, 3.63) is 12.2 Å². The van der Waals surface area contributed by atoms with Gasteiger partial charge in [0.25, 0.3) is 0 Å². The molecule has 27 heavy (non-hydrogen) atoms. The van der Waals surface area contributed by atoms with Crippen molar-refractivity contribution in [1.29, 1.82) is 0 Å². The molecule has 4 atom stereocenters.